The number of benzene rings is 1. The molecule has 0 aromatic heterocycles. The Morgan fingerprint density at radius 3 is 2.58 bits per heavy atom. The first-order valence-electron chi connectivity index (χ1n) is 9.52. The van der Waals surface area contributed by atoms with E-state index < -0.39 is 5.97 Å². The number of nitrogens with zero attached hydrogens (tertiary/aromatic N) is 2. The Morgan fingerprint density at radius 1 is 1.12 bits per heavy atom. The van der Waals surface area contributed by atoms with E-state index in [9.17, 15) is 14.0 Å². The van der Waals surface area contributed by atoms with Gasteiger partial charge < -0.3 is 10.0 Å². The minimum Gasteiger partial charge on any atom is -0.481 e. The lowest BCUT2D eigenvalue weighted by Gasteiger charge is -2.36. The van der Waals surface area contributed by atoms with Crippen molar-refractivity contribution in [3.8, 4) is 0 Å². The number of rotatable bonds is 6. The average Bonchev–Trinajstić information content (AvgIpc) is 3.09. The van der Waals surface area contributed by atoms with E-state index in [0.29, 0.717) is 19.5 Å². The summed E-state index contributed by atoms with van der Waals surface area (Å²) in [5, 5.41) is 8.87. The number of carbonyl (C=O) groups is 2. The molecule has 0 spiro atoms. The Bertz CT molecular complexity index is 634. The maximum atomic E-state index is 13.1. The van der Waals surface area contributed by atoms with Crippen LogP contribution < -0.4 is 0 Å². The van der Waals surface area contributed by atoms with E-state index >= 15 is 0 Å². The van der Waals surface area contributed by atoms with Crippen molar-refractivity contribution in [1.82, 2.24) is 9.80 Å². The largest absolute Gasteiger partial charge is 0.481 e. The lowest BCUT2D eigenvalue weighted by atomic mass is 9.93. The topological polar surface area (TPSA) is 60.9 Å². The third kappa shape index (κ3) is 4.81. The van der Waals surface area contributed by atoms with Crippen molar-refractivity contribution in [2.45, 2.75) is 51.1 Å². The highest BCUT2D eigenvalue weighted by Gasteiger charge is 2.35. The number of carboxylic acids is 1. The number of halogens is 1. The van der Waals surface area contributed by atoms with Crippen LogP contribution in [-0.4, -0.2) is 52.5 Å². The second-order valence-electron chi connectivity index (χ2n) is 7.48. The van der Waals surface area contributed by atoms with E-state index in [1.807, 2.05) is 4.90 Å². The van der Waals surface area contributed by atoms with Gasteiger partial charge in [-0.25, -0.2) is 4.39 Å². The molecule has 2 atom stereocenters. The van der Waals surface area contributed by atoms with Crippen molar-refractivity contribution < 1.29 is 19.1 Å². The molecule has 5 nitrogen and oxygen atoms in total. The van der Waals surface area contributed by atoms with Crippen LogP contribution >= 0.6 is 0 Å². The summed E-state index contributed by atoms with van der Waals surface area (Å²) in [7, 11) is 0. The van der Waals surface area contributed by atoms with Crippen LogP contribution in [0.2, 0.25) is 0 Å². The number of hydrogen-bond donors (Lipinski definition) is 1. The van der Waals surface area contributed by atoms with Crippen LogP contribution in [0.15, 0.2) is 24.3 Å². The number of amides is 1. The van der Waals surface area contributed by atoms with Crippen molar-refractivity contribution in [3.63, 3.8) is 0 Å². The van der Waals surface area contributed by atoms with Crippen molar-refractivity contribution in [1.29, 1.82) is 0 Å². The average molecular weight is 362 g/mol. The summed E-state index contributed by atoms with van der Waals surface area (Å²) >= 11 is 0. The standard InChI is InChI=1S/C20H27FN2O3/c21-17-8-5-16(6-9-17)13-22-11-2-4-18(22)20(26)23-12-1-3-15(14-23)7-10-19(24)25/h5-6,8-9,15,18H,1-4,7,10-14H2,(H,24,25). The fourth-order valence-electron chi connectivity index (χ4n) is 4.16. The van der Waals surface area contributed by atoms with Crippen molar-refractivity contribution >= 4 is 11.9 Å². The predicted octanol–water partition coefficient (Wildman–Crippen LogP) is 2.89. The van der Waals surface area contributed by atoms with Crippen LogP contribution in [0.1, 0.15) is 44.1 Å². The third-order valence-electron chi connectivity index (χ3n) is 5.54. The molecule has 0 aliphatic carbocycles. The molecule has 1 aromatic rings. The van der Waals surface area contributed by atoms with Crippen LogP contribution in [0.3, 0.4) is 0 Å². The van der Waals surface area contributed by atoms with Gasteiger partial charge in [-0.15, -0.1) is 0 Å². The minimum atomic E-state index is -0.769. The molecule has 2 unspecified atom stereocenters. The van der Waals surface area contributed by atoms with Gasteiger partial charge >= 0.3 is 5.97 Å². The number of likely N-dealkylation sites (tertiary alicyclic amines) is 2. The zero-order valence-electron chi connectivity index (χ0n) is 15.1. The highest BCUT2D eigenvalue weighted by Crippen LogP contribution is 2.26. The lowest BCUT2D eigenvalue weighted by Crippen LogP contribution is -2.49. The number of carbonyl (C=O) groups excluding carboxylic acids is 1. The van der Waals surface area contributed by atoms with Gasteiger partial charge in [0, 0.05) is 26.1 Å². The summed E-state index contributed by atoms with van der Waals surface area (Å²) in [5.74, 6) is -0.557. The Morgan fingerprint density at radius 2 is 1.85 bits per heavy atom. The maximum absolute atomic E-state index is 13.1. The number of carboxylic acid groups (broad SMARTS) is 1. The quantitative estimate of drug-likeness (QED) is 0.845. The first-order chi connectivity index (χ1) is 12.5. The molecule has 0 bridgehead atoms. The van der Waals surface area contributed by atoms with Crippen LogP contribution in [0.5, 0.6) is 0 Å². The van der Waals surface area contributed by atoms with E-state index in [0.717, 1.165) is 44.3 Å². The summed E-state index contributed by atoms with van der Waals surface area (Å²) in [6, 6.07) is 6.36. The number of piperidine rings is 1. The van der Waals surface area contributed by atoms with Crippen LogP contribution in [0.4, 0.5) is 4.39 Å². The van der Waals surface area contributed by atoms with Crippen LogP contribution in [0, 0.1) is 11.7 Å². The third-order valence-corrected chi connectivity index (χ3v) is 5.54. The van der Waals surface area contributed by atoms with E-state index in [2.05, 4.69) is 4.90 Å². The zero-order valence-corrected chi connectivity index (χ0v) is 15.1. The molecule has 1 aromatic carbocycles. The summed E-state index contributed by atoms with van der Waals surface area (Å²) in [6.07, 6.45) is 4.61. The predicted molar refractivity (Wildman–Crippen MR) is 96.0 cm³/mol. The molecular formula is C20H27FN2O3. The SMILES string of the molecule is O=C(O)CCC1CCCN(C(=O)C2CCCN2Cc2ccc(F)cc2)C1. The monoisotopic (exact) mass is 362 g/mol. The second kappa shape index (κ2) is 8.62. The lowest BCUT2D eigenvalue weighted by molar-refractivity contribution is -0.138. The molecule has 142 valence electrons. The molecule has 2 heterocycles. The van der Waals surface area contributed by atoms with Gasteiger partial charge in [-0.05, 0) is 62.3 Å². The van der Waals surface area contributed by atoms with Gasteiger partial charge in [0.05, 0.1) is 6.04 Å². The summed E-state index contributed by atoms with van der Waals surface area (Å²) < 4.78 is 13.1. The van der Waals surface area contributed by atoms with Gasteiger partial charge in [-0.3, -0.25) is 14.5 Å². The van der Waals surface area contributed by atoms with Crippen molar-refractivity contribution in [2.75, 3.05) is 19.6 Å². The highest BCUT2D eigenvalue weighted by atomic mass is 19.1. The molecule has 1 N–H and O–H groups in total. The first-order valence-corrected chi connectivity index (χ1v) is 9.52. The molecule has 2 saturated heterocycles. The Hall–Kier alpha value is -1.95. The van der Waals surface area contributed by atoms with Gasteiger partial charge in [0.25, 0.3) is 0 Å². The molecule has 0 saturated carbocycles. The van der Waals surface area contributed by atoms with E-state index in [1.54, 1.807) is 12.1 Å². The van der Waals surface area contributed by atoms with Crippen molar-refractivity contribution in [2.24, 2.45) is 5.92 Å². The van der Waals surface area contributed by atoms with Gasteiger partial charge in [-0.2, -0.15) is 0 Å². The van der Waals surface area contributed by atoms with Gasteiger partial charge in [-0.1, -0.05) is 12.1 Å². The molecule has 0 radical (unpaired) electrons. The Labute approximate surface area is 153 Å². The zero-order chi connectivity index (χ0) is 18.5. The molecule has 2 fully saturated rings. The van der Waals surface area contributed by atoms with Gasteiger partial charge in [0.1, 0.15) is 5.82 Å². The molecule has 2 aliphatic heterocycles. The van der Waals surface area contributed by atoms with Gasteiger partial charge in [0.2, 0.25) is 5.91 Å². The molecular weight excluding hydrogens is 335 g/mol. The van der Waals surface area contributed by atoms with E-state index in [-0.39, 0.29) is 30.1 Å². The Kier molecular flexibility index (Phi) is 6.25. The molecule has 6 heteroatoms. The molecule has 26 heavy (non-hydrogen) atoms. The van der Waals surface area contributed by atoms with Gasteiger partial charge in [0.15, 0.2) is 0 Å². The molecule has 2 aliphatic rings. The van der Waals surface area contributed by atoms with E-state index in [4.69, 9.17) is 5.11 Å². The smallest absolute Gasteiger partial charge is 0.303 e. The molecule has 1 amide bonds. The van der Waals surface area contributed by atoms with Crippen LogP contribution in [-0.2, 0) is 16.1 Å². The number of hydrogen-bond acceptors (Lipinski definition) is 3. The maximum Gasteiger partial charge on any atom is 0.303 e. The molecule has 3 rings (SSSR count). The fraction of sp³-hybridized carbons (Fsp3) is 0.600. The van der Waals surface area contributed by atoms with Crippen LogP contribution in [0.25, 0.3) is 0 Å². The summed E-state index contributed by atoms with van der Waals surface area (Å²) in [4.78, 5) is 28.0. The Balaban J connectivity index is 1.58. The van der Waals surface area contributed by atoms with Crippen molar-refractivity contribution in [3.05, 3.63) is 35.6 Å². The summed E-state index contributed by atoms with van der Waals surface area (Å²) in [6.45, 7) is 2.98. The fourth-order valence-corrected chi connectivity index (χ4v) is 4.16. The second-order valence-corrected chi connectivity index (χ2v) is 7.48. The normalized spacial score (nSPS) is 24.0. The highest BCUT2D eigenvalue weighted by molar-refractivity contribution is 5.82. The summed E-state index contributed by atoms with van der Waals surface area (Å²) in [5.41, 5.74) is 1.02. The number of aliphatic carboxylic acids is 1. The van der Waals surface area contributed by atoms with E-state index in [1.165, 1.54) is 12.1 Å². The minimum absolute atomic E-state index is 0.113. The first kappa shape index (κ1) is 18.8.